The minimum absolute atomic E-state index is 0.163. The van der Waals surface area contributed by atoms with Crippen LogP contribution in [0, 0.1) is 0 Å². The van der Waals surface area contributed by atoms with Crippen LogP contribution in [0.5, 0.6) is 0 Å². The second kappa shape index (κ2) is 6.23. The van der Waals surface area contributed by atoms with Gasteiger partial charge in [0.1, 0.15) is 11.5 Å². The number of hydrogen-bond donors (Lipinski definition) is 0. The van der Waals surface area contributed by atoms with E-state index in [1.54, 1.807) is 6.07 Å². The lowest BCUT2D eigenvalue weighted by molar-refractivity contribution is -0.144. The summed E-state index contributed by atoms with van der Waals surface area (Å²) < 4.78 is 5.98. The minimum atomic E-state index is -0.627. The van der Waals surface area contributed by atoms with Crippen LogP contribution in [-0.4, -0.2) is 35.5 Å². The summed E-state index contributed by atoms with van der Waals surface area (Å²) >= 11 is 0. The summed E-state index contributed by atoms with van der Waals surface area (Å²) in [6.45, 7) is 1.67. The van der Waals surface area contributed by atoms with Crippen molar-refractivity contribution in [1.29, 1.82) is 0 Å². The first-order valence-corrected chi connectivity index (χ1v) is 9.32. The zero-order valence-corrected chi connectivity index (χ0v) is 14.1. The van der Waals surface area contributed by atoms with Crippen molar-refractivity contribution in [3.8, 4) is 0 Å². The van der Waals surface area contributed by atoms with Crippen molar-refractivity contribution in [3.63, 3.8) is 0 Å². The van der Waals surface area contributed by atoms with Crippen LogP contribution in [0.2, 0.25) is 0 Å². The first kappa shape index (κ1) is 15.7. The maximum atomic E-state index is 13.4. The molecule has 1 aromatic rings. The van der Waals surface area contributed by atoms with E-state index in [9.17, 15) is 9.59 Å². The average Bonchev–Trinajstić information content (AvgIpc) is 2.63. The van der Waals surface area contributed by atoms with E-state index < -0.39 is 5.60 Å². The SMILES string of the molecule is O=C1OC2(CCCCC2)[C@H](C(=O)N2CCCCC2)c2ccccc21. The zero-order valence-electron chi connectivity index (χ0n) is 14.1. The molecule has 1 amide bonds. The number of likely N-dealkylation sites (tertiary alicyclic amines) is 1. The fourth-order valence-corrected chi connectivity index (χ4v) is 4.71. The number of esters is 1. The van der Waals surface area contributed by atoms with Gasteiger partial charge in [-0.05, 0) is 56.6 Å². The molecule has 0 aromatic heterocycles. The van der Waals surface area contributed by atoms with Gasteiger partial charge in [-0.2, -0.15) is 0 Å². The molecule has 0 radical (unpaired) electrons. The van der Waals surface area contributed by atoms with Gasteiger partial charge in [-0.15, -0.1) is 0 Å². The number of hydrogen-bond acceptors (Lipinski definition) is 3. The molecule has 128 valence electrons. The summed E-state index contributed by atoms with van der Waals surface area (Å²) in [6.07, 6.45) is 8.17. The van der Waals surface area contributed by atoms with Crippen molar-refractivity contribution < 1.29 is 14.3 Å². The Kier molecular flexibility index (Phi) is 4.07. The molecule has 4 rings (SSSR count). The highest BCUT2D eigenvalue weighted by molar-refractivity contribution is 5.98. The molecule has 1 aliphatic carbocycles. The number of carbonyl (C=O) groups is 2. The Bertz CT molecular complexity index is 642. The van der Waals surface area contributed by atoms with Gasteiger partial charge >= 0.3 is 5.97 Å². The third kappa shape index (κ3) is 2.52. The number of nitrogens with zero attached hydrogens (tertiary/aromatic N) is 1. The Morgan fingerprint density at radius 2 is 1.67 bits per heavy atom. The highest BCUT2D eigenvalue weighted by atomic mass is 16.6. The summed E-state index contributed by atoms with van der Waals surface area (Å²) in [5, 5.41) is 0. The molecule has 1 spiro atoms. The Morgan fingerprint density at radius 3 is 2.42 bits per heavy atom. The van der Waals surface area contributed by atoms with Gasteiger partial charge in [0.15, 0.2) is 0 Å². The Morgan fingerprint density at radius 1 is 1.00 bits per heavy atom. The van der Waals surface area contributed by atoms with Crippen LogP contribution < -0.4 is 0 Å². The minimum Gasteiger partial charge on any atom is -0.454 e. The molecule has 1 atom stereocenters. The first-order valence-electron chi connectivity index (χ1n) is 9.32. The molecule has 1 aromatic carbocycles. The largest absolute Gasteiger partial charge is 0.454 e. The van der Waals surface area contributed by atoms with Gasteiger partial charge in [0, 0.05) is 13.1 Å². The molecule has 1 saturated heterocycles. The van der Waals surface area contributed by atoms with Crippen LogP contribution >= 0.6 is 0 Å². The van der Waals surface area contributed by atoms with Crippen molar-refractivity contribution in [1.82, 2.24) is 4.90 Å². The van der Waals surface area contributed by atoms with E-state index in [0.29, 0.717) is 5.56 Å². The van der Waals surface area contributed by atoms with Crippen LogP contribution in [-0.2, 0) is 9.53 Å². The van der Waals surface area contributed by atoms with E-state index in [0.717, 1.165) is 63.6 Å². The third-order valence-electron chi connectivity index (χ3n) is 5.93. The van der Waals surface area contributed by atoms with Gasteiger partial charge in [0.2, 0.25) is 5.91 Å². The quantitative estimate of drug-likeness (QED) is 0.740. The number of benzene rings is 1. The zero-order chi connectivity index (χ0) is 16.6. The predicted octanol–water partition coefficient (Wildman–Crippen LogP) is 3.66. The summed E-state index contributed by atoms with van der Waals surface area (Å²) in [5.74, 6) is -0.420. The van der Waals surface area contributed by atoms with E-state index in [-0.39, 0.29) is 17.8 Å². The van der Waals surface area contributed by atoms with Crippen molar-refractivity contribution >= 4 is 11.9 Å². The highest BCUT2D eigenvalue weighted by Gasteiger charge is 2.53. The lowest BCUT2D eigenvalue weighted by Gasteiger charge is -2.47. The fraction of sp³-hybridized carbons (Fsp3) is 0.600. The summed E-state index contributed by atoms with van der Waals surface area (Å²) in [5.41, 5.74) is 0.827. The highest BCUT2D eigenvalue weighted by Crippen LogP contribution is 2.48. The number of ether oxygens (including phenoxy) is 1. The Hall–Kier alpha value is -1.84. The summed E-state index contributed by atoms with van der Waals surface area (Å²) in [6, 6.07) is 7.54. The molecule has 24 heavy (non-hydrogen) atoms. The van der Waals surface area contributed by atoms with Crippen LogP contribution in [0.25, 0.3) is 0 Å². The predicted molar refractivity (Wildman–Crippen MR) is 90.8 cm³/mol. The first-order chi connectivity index (χ1) is 11.7. The fourth-order valence-electron chi connectivity index (χ4n) is 4.71. The monoisotopic (exact) mass is 327 g/mol. The molecule has 2 heterocycles. The molecule has 2 fully saturated rings. The normalized spacial score (nSPS) is 25.9. The standard InChI is InChI=1S/C20H25NO3/c22-18(21-13-7-2-8-14-21)17-15-9-3-4-10-16(15)19(23)24-20(17)11-5-1-6-12-20/h3-4,9-10,17H,1-2,5-8,11-14H2/t17-/m0/s1. The maximum absolute atomic E-state index is 13.4. The second-order valence-electron chi connectivity index (χ2n) is 7.42. The Balaban J connectivity index is 1.77. The van der Waals surface area contributed by atoms with E-state index in [2.05, 4.69) is 0 Å². The molecular formula is C20H25NO3. The summed E-state index contributed by atoms with van der Waals surface area (Å²) in [7, 11) is 0. The molecule has 4 heteroatoms. The van der Waals surface area contributed by atoms with Crippen molar-refractivity contribution in [2.75, 3.05) is 13.1 Å². The smallest absolute Gasteiger partial charge is 0.339 e. The van der Waals surface area contributed by atoms with Crippen molar-refractivity contribution in [2.45, 2.75) is 62.9 Å². The lowest BCUT2D eigenvalue weighted by Crippen LogP contribution is -2.53. The average molecular weight is 327 g/mol. The summed E-state index contributed by atoms with van der Waals surface area (Å²) in [4.78, 5) is 28.0. The molecular weight excluding hydrogens is 302 g/mol. The van der Waals surface area contributed by atoms with E-state index in [1.165, 1.54) is 6.42 Å². The van der Waals surface area contributed by atoms with E-state index >= 15 is 0 Å². The molecule has 2 aliphatic heterocycles. The van der Waals surface area contributed by atoms with Crippen LogP contribution in [0.1, 0.15) is 73.2 Å². The molecule has 0 N–H and O–H groups in total. The van der Waals surface area contributed by atoms with Crippen LogP contribution in [0.4, 0.5) is 0 Å². The van der Waals surface area contributed by atoms with Crippen molar-refractivity contribution in [3.05, 3.63) is 35.4 Å². The van der Waals surface area contributed by atoms with Crippen LogP contribution in [0.3, 0.4) is 0 Å². The second-order valence-corrected chi connectivity index (χ2v) is 7.42. The molecule has 4 nitrogen and oxygen atoms in total. The van der Waals surface area contributed by atoms with E-state index in [1.807, 2.05) is 23.1 Å². The van der Waals surface area contributed by atoms with Gasteiger partial charge in [0.05, 0.1) is 5.56 Å². The van der Waals surface area contributed by atoms with E-state index in [4.69, 9.17) is 4.74 Å². The third-order valence-corrected chi connectivity index (χ3v) is 5.93. The van der Waals surface area contributed by atoms with Gasteiger partial charge in [-0.1, -0.05) is 24.6 Å². The van der Waals surface area contributed by atoms with Gasteiger partial charge in [0.25, 0.3) is 0 Å². The molecule has 3 aliphatic rings. The molecule has 1 saturated carbocycles. The molecule has 0 unspecified atom stereocenters. The number of carbonyl (C=O) groups excluding carboxylic acids is 2. The number of rotatable bonds is 1. The Labute approximate surface area is 143 Å². The lowest BCUT2D eigenvalue weighted by atomic mass is 9.69. The number of fused-ring (bicyclic) bond motifs is 1. The number of amides is 1. The topological polar surface area (TPSA) is 46.6 Å². The number of piperidine rings is 1. The maximum Gasteiger partial charge on any atom is 0.339 e. The van der Waals surface area contributed by atoms with Gasteiger partial charge in [-0.3, -0.25) is 4.79 Å². The van der Waals surface area contributed by atoms with Crippen molar-refractivity contribution in [2.24, 2.45) is 0 Å². The van der Waals surface area contributed by atoms with Gasteiger partial charge < -0.3 is 9.64 Å². The van der Waals surface area contributed by atoms with Gasteiger partial charge in [-0.25, -0.2) is 4.79 Å². The molecule has 0 bridgehead atoms. The van der Waals surface area contributed by atoms with Crippen LogP contribution in [0.15, 0.2) is 24.3 Å².